The van der Waals surface area contributed by atoms with Crippen LogP contribution in [0, 0.1) is 6.92 Å². The molecular formula is C16H21F3N6O2. The van der Waals surface area contributed by atoms with Gasteiger partial charge in [0.05, 0.1) is 11.9 Å². The normalized spacial score (nSPS) is 11.5. The largest absolute Gasteiger partial charge is 0.435 e. The molecule has 0 radical (unpaired) electrons. The zero-order valence-electron chi connectivity index (χ0n) is 15.5. The average Bonchev–Trinajstić information content (AvgIpc) is 3.15. The third kappa shape index (κ3) is 4.66. The smallest absolute Gasteiger partial charge is 0.343 e. The number of halogens is 3. The maximum absolute atomic E-state index is 12.7. The molecule has 0 aromatic carbocycles. The van der Waals surface area contributed by atoms with Crippen molar-refractivity contribution >= 4 is 17.5 Å². The first-order chi connectivity index (χ1) is 12.5. The Hall–Kier alpha value is -2.85. The van der Waals surface area contributed by atoms with E-state index in [1.165, 1.54) is 22.7 Å². The minimum atomic E-state index is -4.53. The lowest BCUT2D eigenvalue weighted by molar-refractivity contribution is -0.141. The number of nitrogens with zero attached hydrogens (tertiary/aromatic N) is 5. The molecule has 0 aliphatic rings. The number of amides is 2. The van der Waals surface area contributed by atoms with Gasteiger partial charge in [-0.05, 0) is 19.9 Å². The van der Waals surface area contributed by atoms with Gasteiger partial charge < -0.3 is 10.2 Å². The second kappa shape index (κ2) is 7.80. The number of carbonyl (C=O) groups excluding carboxylic acids is 2. The molecule has 1 N–H and O–H groups in total. The lowest BCUT2D eigenvalue weighted by Gasteiger charge is -2.13. The number of aromatic nitrogens is 4. The van der Waals surface area contributed by atoms with Crippen LogP contribution >= 0.6 is 0 Å². The number of aryl methyl sites for hydroxylation is 3. The molecule has 0 aliphatic carbocycles. The van der Waals surface area contributed by atoms with E-state index in [0.717, 1.165) is 10.7 Å². The number of carbonyl (C=O) groups is 2. The molecular weight excluding hydrogens is 365 g/mol. The van der Waals surface area contributed by atoms with Crippen LogP contribution < -0.4 is 5.32 Å². The molecule has 0 saturated heterocycles. The van der Waals surface area contributed by atoms with E-state index in [-0.39, 0.29) is 30.3 Å². The monoisotopic (exact) mass is 386 g/mol. The fourth-order valence-corrected chi connectivity index (χ4v) is 2.45. The van der Waals surface area contributed by atoms with E-state index in [2.05, 4.69) is 15.5 Å². The van der Waals surface area contributed by atoms with Gasteiger partial charge in [0, 0.05) is 39.3 Å². The van der Waals surface area contributed by atoms with Gasteiger partial charge in [0.1, 0.15) is 5.69 Å². The van der Waals surface area contributed by atoms with Gasteiger partial charge in [0.2, 0.25) is 5.91 Å². The summed E-state index contributed by atoms with van der Waals surface area (Å²) in [5.41, 5.74) is -0.194. The number of alkyl halides is 3. The van der Waals surface area contributed by atoms with Crippen LogP contribution in [0.3, 0.4) is 0 Å². The van der Waals surface area contributed by atoms with Crippen LogP contribution in [0.1, 0.15) is 35.2 Å². The Morgan fingerprint density at radius 3 is 2.44 bits per heavy atom. The quantitative estimate of drug-likeness (QED) is 0.825. The Kier molecular flexibility index (Phi) is 5.91. The molecule has 2 heterocycles. The summed E-state index contributed by atoms with van der Waals surface area (Å²) < 4.78 is 40.7. The van der Waals surface area contributed by atoms with Crippen molar-refractivity contribution in [2.24, 2.45) is 0 Å². The standard InChI is InChI=1S/C16H21F3N6O2/c1-5-24-14(15(27)23(3)4)11(9-20-24)21-13(26)6-7-25-10(2)8-12(22-25)16(17,18)19/h8-9H,5-7H2,1-4H3,(H,21,26). The van der Waals surface area contributed by atoms with Gasteiger partial charge >= 0.3 is 6.18 Å². The molecule has 0 unspecified atom stereocenters. The fraction of sp³-hybridized carbons (Fsp3) is 0.500. The van der Waals surface area contributed by atoms with Crippen molar-refractivity contribution in [2.75, 3.05) is 19.4 Å². The second-order valence-corrected chi connectivity index (χ2v) is 6.11. The van der Waals surface area contributed by atoms with Crippen LogP contribution in [-0.4, -0.2) is 50.4 Å². The Labute approximate surface area is 153 Å². The number of nitrogens with one attached hydrogen (secondary N) is 1. The van der Waals surface area contributed by atoms with E-state index < -0.39 is 17.8 Å². The van der Waals surface area contributed by atoms with E-state index in [9.17, 15) is 22.8 Å². The molecule has 0 bridgehead atoms. The van der Waals surface area contributed by atoms with Crippen LogP contribution in [0.5, 0.6) is 0 Å². The summed E-state index contributed by atoms with van der Waals surface area (Å²) in [6.45, 7) is 3.72. The first-order valence-corrected chi connectivity index (χ1v) is 8.23. The van der Waals surface area contributed by atoms with Gasteiger partial charge in [0.25, 0.3) is 5.91 Å². The summed E-state index contributed by atoms with van der Waals surface area (Å²) >= 11 is 0. The Bertz CT molecular complexity index is 838. The van der Waals surface area contributed by atoms with E-state index in [1.807, 2.05) is 6.92 Å². The zero-order valence-corrected chi connectivity index (χ0v) is 15.5. The van der Waals surface area contributed by atoms with Crippen LogP contribution in [0.4, 0.5) is 18.9 Å². The highest BCUT2D eigenvalue weighted by Gasteiger charge is 2.34. The Balaban J connectivity index is 2.08. The molecule has 27 heavy (non-hydrogen) atoms. The number of rotatable bonds is 6. The first-order valence-electron chi connectivity index (χ1n) is 8.23. The van der Waals surface area contributed by atoms with Crippen molar-refractivity contribution in [2.45, 2.75) is 39.5 Å². The highest BCUT2D eigenvalue weighted by atomic mass is 19.4. The number of hydrogen-bond donors (Lipinski definition) is 1. The van der Waals surface area contributed by atoms with Crippen molar-refractivity contribution in [3.05, 3.63) is 29.3 Å². The summed E-state index contributed by atoms with van der Waals surface area (Å²) in [5.74, 6) is -0.774. The summed E-state index contributed by atoms with van der Waals surface area (Å²) in [6, 6.07) is 0.928. The molecule has 2 aromatic rings. The van der Waals surface area contributed by atoms with Crippen molar-refractivity contribution in [1.82, 2.24) is 24.5 Å². The lowest BCUT2D eigenvalue weighted by Crippen LogP contribution is -2.26. The number of anilines is 1. The highest BCUT2D eigenvalue weighted by Crippen LogP contribution is 2.28. The predicted molar refractivity (Wildman–Crippen MR) is 91.1 cm³/mol. The second-order valence-electron chi connectivity index (χ2n) is 6.11. The lowest BCUT2D eigenvalue weighted by atomic mass is 10.3. The van der Waals surface area contributed by atoms with Crippen LogP contribution in [-0.2, 0) is 24.1 Å². The third-order valence-corrected chi connectivity index (χ3v) is 3.84. The van der Waals surface area contributed by atoms with Gasteiger partial charge in [-0.15, -0.1) is 0 Å². The van der Waals surface area contributed by atoms with Crippen molar-refractivity contribution in [3.8, 4) is 0 Å². The molecule has 0 spiro atoms. The van der Waals surface area contributed by atoms with Gasteiger partial charge in [-0.3, -0.25) is 19.0 Å². The minimum Gasteiger partial charge on any atom is -0.343 e. The van der Waals surface area contributed by atoms with E-state index in [0.29, 0.717) is 12.2 Å². The van der Waals surface area contributed by atoms with Crippen molar-refractivity contribution in [3.63, 3.8) is 0 Å². The summed E-state index contributed by atoms with van der Waals surface area (Å²) in [4.78, 5) is 25.9. The summed E-state index contributed by atoms with van der Waals surface area (Å²) in [5, 5.41) is 10.1. The Morgan fingerprint density at radius 2 is 1.93 bits per heavy atom. The SMILES string of the molecule is CCn1ncc(NC(=O)CCn2nc(C(F)(F)F)cc2C)c1C(=O)N(C)C. The molecule has 2 rings (SSSR count). The molecule has 2 amide bonds. The van der Waals surface area contributed by atoms with E-state index >= 15 is 0 Å². The van der Waals surface area contributed by atoms with Crippen LogP contribution in [0.15, 0.2) is 12.3 Å². The van der Waals surface area contributed by atoms with Crippen LogP contribution in [0.2, 0.25) is 0 Å². The molecule has 0 atom stereocenters. The topological polar surface area (TPSA) is 85.0 Å². The summed E-state index contributed by atoms with van der Waals surface area (Å²) in [7, 11) is 3.17. The molecule has 0 saturated carbocycles. The maximum Gasteiger partial charge on any atom is 0.435 e. The van der Waals surface area contributed by atoms with E-state index in [1.54, 1.807) is 14.1 Å². The van der Waals surface area contributed by atoms with Crippen molar-refractivity contribution < 1.29 is 22.8 Å². The molecule has 148 valence electrons. The Morgan fingerprint density at radius 1 is 1.26 bits per heavy atom. The fourth-order valence-electron chi connectivity index (χ4n) is 2.45. The van der Waals surface area contributed by atoms with E-state index in [4.69, 9.17) is 0 Å². The molecule has 2 aromatic heterocycles. The van der Waals surface area contributed by atoms with Gasteiger partial charge in [-0.2, -0.15) is 23.4 Å². The van der Waals surface area contributed by atoms with Crippen molar-refractivity contribution in [1.29, 1.82) is 0 Å². The molecule has 0 aliphatic heterocycles. The summed E-state index contributed by atoms with van der Waals surface area (Å²) in [6.07, 6.45) is -3.26. The average molecular weight is 386 g/mol. The van der Waals surface area contributed by atoms with Gasteiger partial charge in [0.15, 0.2) is 5.69 Å². The molecule has 0 fully saturated rings. The zero-order chi connectivity index (χ0) is 20.4. The van der Waals surface area contributed by atoms with Gasteiger partial charge in [-0.25, -0.2) is 0 Å². The minimum absolute atomic E-state index is 0.0212. The maximum atomic E-state index is 12.7. The van der Waals surface area contributed by atoms with Gasteiger partial charge in [-0.1, -0.05) is 0 Å². The highest BCUT2D eigenvalue weighted by molar-refractivity contribution is 6.02. The third-order valence-electron chi connectivity index (χ3n) is 3.84. The number of hydrogen-bond acceptors (Lipinski definition) is 4. The molecule has 11 heteroatoms. The predicted octanol–water partition coefficient (Wildman–Crippen LogP) is 2.16. The first kappa shape index (κ1) is 20.5. The molecule has 8 nitrogen and oxygen atoms in total. The van der Waals surface area contributed by atoms with Crippen LogP contribution in [0.25, 0.3) is 0 Å².